The predicted molar refractivity (Wildman–Crippen MR) is 134 cm³/mol. The van der Waals surface area contributed by atoms with E-state index in [-0.39, 0.29) is 16.7 Å². The lowest BCUT2D eigenvalue weighted by Crippen LogP contribution is -2.30. The monoisotopic (exact) mass is 460 g/mol. The second kappa shape index (κ2) is 9.01. The van der Waals surface area contributed by atoms with Crippen LogP contribution < -0.4 is 4.74 Å². The van der Waals surface area contributed by atoms with Gasteiger partial charge >= 0.3 is 0 Å². The van der Waals surface area contributed by atoms with Gasteiger partial charge in [0.1, 0.15) is 11.5 Å². The second-order valence-electron chi connectivity index (χ2n) is 9.68. The Labute approximate surface area is 200 Å². The summed E-state index contributed by atoms with van der Waals surface area (Å²) in [7, 11) is 0. The number of aliphatic hydroxyl groups is 1. The highest BCUT2D eigenvalue weighted by Gasteiger charge is 2.46. The van der Waals surface area contributed by atoms with Gasteiger partial charge in [-0.15, -0.1) is 0 Å². The summed E-state index contributed by atoms with van der Waals surface area (Å²) in [5, 5.41) is 12.4. The van der Waals surface area contributed by atoms with E-state index in [0.29, 0.717) is 25.1 Å². The Morgan fingerprint density at radius 1 is 1.12 bits per heavy atom. The molecule has 34 heavy (non-hydrogen) atoms. The summed E-state index contributed by atoms with van der Waals surface area (Å²) in [6.07, 6.45) is 2.53. The van der Waals surface area contributed by atoms with Gasteiger partial charge in [0, 0.05) is 40.3 Å². The zero-order valence-electron chi connectivity index (χ0n) is 20.4. The molecule has 0 bridgehead atoms. The van der Waals surface area contributed by atoms with Crippen molar-refractivity contribution in [2.24, 2.45) is 0 Å². The second-order valence-corrected chi connectivity index (χ2v) is 9.68. The van der Waals surface area contributed by atoms with Crippen LogP contribution >= 0.6 is 0 Å². The molecular weight excluding hydrogens is 428 g/mol. The van der Waals surface area contributed by atoms with Crippen molar-refractivity contribution in [3.05, 3.63) is 70.9 Å². The molecule has 1 fully saturated rings. The van der Waals surface area contributed by atoms with Crippen molar-refractivity contribution in [2.75, 3.05) is 13.2 Å². The van der Waals surface area contributed by atoms with Crippen LogP contribution in [0.1, 0.15) is 63.8 Å². The van der Waals surface area contributed by atoms with Crippen molar-refractivity contribution in [3.8, 4) is 5.75 Å². The first kappa shape index (κ1) is 23.6. The number of benzene rings is 2. The molecule has 3 aromatic rings. The Balaban J connectivity index is 1.93. The molecule has 2 aromatic carbocycles. The van der Waals surface area contributed by atoms with Crippen molar-refractivity contribution in [1.29, 1.82) is 0 Å². The van der Waals surface area contributed by atoms with Crippen LogP contribution in [0.15, 0.2) is 54.2 Å². The normalized spacial score (nSPS) is 18.1. The van der Waals surface area contributed by atoms with E-state index in [2.05, 4.69) is 25.8 Å². The molecule has 2 N–H and O–H groups in total. The number of nitrogens with one attached hydrogen (secondary N) is 1. The molecule has 0 radical (unpaired) electrons. The smallest absolute Gasteiger partial charge is 0.295 e. The number of likely N-dealkylation sites (tertiary alicyclic amines) is 1. The molecule has 1 aliphatic heterocycles. The molecule has 0 spiro atoms. The average molecular weight is 461 g/mol. The third kappa shape index (κ3) is 3.98. The number of ketones is 1. The third-order valence-electron chi connectivity index (χ3n) is 6.28. The fraction of sp³-hybridized carbons (Fsp3) is 0.357. The number of rotatable bonds is 6. The Hall–Kier alpha value is -3.54. The highest BCUT2D eigenvalue weighted by Crippen LogP contribution is 2.43. The maximum Gasteiger partial charge on any atom is 0.295 e. The number of H-pyrrole nitrogens is 1. The van der Waals surface area contributed by atoms with E-state index in [1.165, 1.54) is 0 Å². The number of nitrogens with zero attached hydrogens (tertiary/aromatic N) is 1. The van der Waals surface area contributed by atoms with Gasteiger partial charge in [-0.1, -0.05) is 45.9 Å². The minimum atomic E-state index is -0.666. The molecule has 0 aliphatic carbocycles. The van der Waals surface area contributed by atoms with E-state index >= 15 is 0 Å². The van der Waals surface area contributed by atoms with Gasteiger partial charge in [0.25, 0.3) is 11.7 Å². The molecule has 0 saturated carbocycles. The van der Waals surface area contributed by atoms with Crippen LogP contribution in [0.25, 0.3) is 16.7 Å². The van der Waals surface area contributed by atoms with E-state index in [0.717, 1.165) is 27.8 Å². The van der Waals surface area contributed by atoms with Gasteiger partial charge in [-0.05, 0) is 43.0 Å². The minimum Gasteiger partial charge on any atom is -0.507 e. The Bertz CT molecular complexity index is 1280. The number of hydrogen-bond donors (Lipinski definition) is 2. The lowest BCUT2D eigenvalue weighted by atomic mass is 9.84. The summed E-state index contributed by atoms with van der Waals surface area (Å²) in [5.74, 6) is -0.667. The van der Waals surface area contributed by atoms with Crippen molar-refractivity contribution < 1.29 is 19.4 Å². The number of carbonyl (C=O) groups is 2. The topological polar surface area (TPSA) is 82.6 Å². The van der Waals surface area contributed by atoms with Crippen molar-refractivity contribution >= 4 is 28.4 Å². The van der Waals surface area contributed by atoms with Gasteiger partial charge in [-0.2, -0.15) is 0 Å². The number of aromatic amines is 1. The molecule has 6 heteroatoms. The van der Waals surface area contributed by atoms with E-state index in [4.69, 9.17) is 4.74 Å². The first-order valence-electron chi connectivity index (χ1n) is 11.8. The molecule has 6 nitrogen and oxygen atoms in total. The van der Waals surface area contributed by atoms with Gasteiger partial charge in [0.2, 0.25) is 0 Å². The highest BCUT2D eigenvalue weighted by molar-refractivity contribution is 6.46. The summed E-state index contributed by atoms with van der Waals surface area (Å²) in [6.45, 7) is 11.0. The number of ether oxygens (including phenoxy) is 1. The number of Topliss-reactive ketones (excluding diaryl/α,β-unsaturated/α-hetero) is 1. The van der Waals surface area contributed by atoms with Crippen LogP contribution in [0.4, 0.5) is 0 Å². The maximum absolute atomic E-state index is 13.3. The summed E-state index contributed by atoms with van der Waals surface area (Å²) in [6, 6.07) is 12.5. The number of hydrogen-bond acceptors (Lipinski definition) is 4. The summed E-state index contributed by atoms with van der Waals surface area (Å²) >= 11 is 0. The van der Waals surface area contributed by atoms with Gasteiger partial charge in [-0.25, -0.2) is 0 Å². The molecule has 1 atom stereocenters. The minimum absolute atomic E-state index is 0.118. The van der Waals surface area contributed by atoms with Gasteiger partial charge in [0.15, 0.2) is 0 Å². The van der Waals surface area contributed by atoms with Crippen LogP contribution in [0.2, 0.25) is 0 Å². The molecular formula is C28H32N2O4. The Morgan fingerprint density at radius 3 is 2.53 bits per heavy atom. The standard InChI is InChI=1S/C28H32N2O4/c1-6-14-30-24(19-16-29-21-11-9-8-10-18(19)21)23(26(32)27(30)33)25(31)17-12-13-22(34-7-2)20(15-17)28(3,4)5/h8-13,15-16,24,29,31H,6-7,14H2,1-5H3/b25-23+. The van der Waals surface area contributed by atoms with Crippen LogP contribution in [-0.2, 0) is 15.0 Å². The van der Waals surface area contributed by atoms with Crippen LogP contribution in [-0.4, -0.2) is 39.8 Å². The molecule has 1 aromatic heterocycles. The van der Waals surface area contributed by atoms with E-state index in [1.54, 1.807) is 11.0 Å². The first-order chi connectivity index (χ1) is 16.2. The Kier molecular flexibility index (Phi) is 6.26. The van der Waals surface area contributed by atoms with Crippen LogP contribution in [0.3, 0.4) is 0 Å². The van der Waals surface area contributed by atoms with Crippen molar-refractivity contribution in [2.45, 2.75) is 52.5 Å². The first-order valence-corrected chi connectivity index (χ1v) is 11.8. The number of para-hydroxylation sites is 1. The molecule has 1 unspecified atom stereocenters. The maximum atomic E-state index is 13.3. The molecule has 1 saturated heterocycles. The largest absolute Gasteiger partial charge is 0.507 e. The third-order valence-corrected chi connectivity index (χ3v) is 6.28. The summed E-state index contributed by atoms with van der Waals surface area (Å²) < 4.78 is 5.81. The van der Waals surface area contributed by atoms with E-state index < -0.39 is 17.7 Å². The quantitative estimate of drug-likeness (QED) is 0.281. The zero-order chi connectivity index (χ0) is 24.6. The summed E-state index contributed by atoms with van der Waals surface area (Å²) in [4.78, 5) is 31.1. The lowest BCUT2D eigenvalue weighted by Gasteiger charge is -2.25. The van der Waals surface area contributed by atoms with Gasteiger partial charge < -0.3 is 19.7 Å². The molecule has 1 amide bonds. The van der Waals surface area contributed by atoms with Crippen molar-refractivity contribution in [3.63, 3.8) is 0 Å². The molecule has 178 valence electrons. The zero-order valence-corrected chi connectivity index (χ0v) is 20.4. The fourth-order valence-electron chi connectivity index (χ4n) is 4.70. The number of aromatic nitrogens is 1. The molecule has 1 aliphatic rings. The SMILES string of the molecule is CCCN1C(=O)C(=O)/C(=C(/O)c2ccc(OCC)c(C(C)(C)C)c2)C1c1c[nH]c2ccccc12. The van der Waals surface area contributed by atoms with E-state index in [9.17, 15) is 14.7 Å². The highest BCUT2D eigenvalue weighted by atomic mass is 16.5. The average Bonchev–Trinajstić information content (AvgIpc) is 3.33. The van der Waals surface area contributed by atoms with Crippen molar-refractivity contribution in [1.82, 2.24) is 9.88 Å². The number of fused-ring (bicyclic) bond motifs is 1. The van der Waals surface area contributed by atoms with Gasteiger partial charge in [0.05, 0.1) is 18.2 Å². The van der Waals surface area contributed by atoms with Crippen LogP contribution in [0, 0.1) is 0 Å². The molecule has 4 rings (SSSR count). The fourth-order valence-corrected chi connectivity index (χ4v) is 4.70. The lowest BCUT2D eigenvalue weighted by molar-refractivity contribution is -0.139. The summed E-state index contributed by atoms with van der Waals surface area (Å²) in [5.41, 5.74) is 3.00. The van der Waals surface area contributed by atoms with E-state index in [1.807, 2.05) is 56.4 Å². The van der Waals surface area contributed by atoms with Gasteiger partial charge in [-0.3, -0.25) is 9.59 Å². The predicted octanol–water partition coefficient (Wildman–Crippen LogP) is 5.70. The molecule has 2 heterocycles. The van der Waals surface area contributed by atoms with Crippen LogP contribution in [0.5, 0.6) is 5.75 Å². The number of amides is 1. The number of aliphatic hydroxyl groups excluding tert-OH is 1. The Morgan fingerprint density at radius 2 is 1.85 bits per heavy atom. The number of carbonyl (C=O) groups excluding carboxylic acids is 2.